The van der Waals surface area contributed by atoms with Crippen molar-refractivity contribution in [2.24, 2.45) is 0 Å². The lowest BCUT2D eigenvalue weighted by atomic mass is 9.89. The fraction of sp³-hybridized carbons (Fsp3) is 0.381. The van der Waals surface area contributed by atoms with Crippen molar-refractivity contribution in [2.75, 3.05) is 20.2 Å². The van der Waals surface area contributed by atoms with Gasteiger partial charge in [-0.3, -0.25) is 4.79 Å². The topological polar surface area (TPSA) is 72.9 Å². The molecule has 1 atom stereocenters. The fourth-order valence-electron chi connectivity index (χ4n) is 3.97. The molecule has 28 heavy (non-hydrogen) atoms. The van der Waals surface area contributed by atoms with E-state index in [-0.39, 0.29) is 23.6 Å². The van der Waals surface area contributed by atoms with Crippen LogP contribution < -0.4 is 9.47 Å². The van der Waals surface area contributed by atoms with Crippen molar-refractivity contribution < 1.29 is 22.7 Å². The second-order valence-electron chi connectivity index (χ2n) is 7.31. The number of hydrogen-bond acceptors (Lipinski definition) is 5. The predicted molar refractivity (Wildman–Crippen MR) is 104 cm³/mol. The normalized spacial score (nSPS) is 22.1. The molecular weight excluding hydrogens is 378 g/mol. The number of carbonyl (C=O) groups excluding carboxylic acids is 1. The number of ketones is 1. The molecule has 1 unspecified atom stereocenters. The van der Waals surface area contributed by atoms with E-state index in [0.717, 1.165) is 12.0 Å². The van der Waals surface area contributed by atoms with E-state index in [0.29, 0.717) is 30.0 Å². The molecule has 2 heterocycles. The van der Waals surface area contributed by atoms with Gasteiger partial charge in [-0.2, -0.15) is 4.31 Å². The van der Waals surface area contributed by atoms with Gasteiger partial charge in [0.2, 0.25) is 10.0 Å². The van der Waals surface area contributed by atoms with Gasteiger partial charge in [-0.1, -0.05) is 25.1 Å². The van der Waals surface area contributed by atoms with E-state index >= 15 is 0 Å². The van der Waals surface area contributed by atoms with Crippen LogP contribution in [0.4, 0.5) is 0 Å². The van der Waals surface area contributed by atoms with Crippen LogP contribution in [0.15, 0.2) is 47.4 Å². The Morgan fingerprint density at radius 3 is 2.75 bits per heavy atom. The van der Waals surface area contributed by atoms with Gasteiger partial charge in [0.05, 0.1) is 25.6 Å². The molecule has 4 rings (SSSR count). The third-order valence-electron chi connectivity index (χ3n) is 5.53. The lowest BCUT2D eigenvalue weighted by Crippen LogP contribution is -2.45. The number of hydrogen-bond donors (Lipinski definition) is 0. The van der Waals surface area contributed by atoms with Crippen LogP contribution in [0.2, 0.25) is 0 Å². The summed E-state index contributed by atoms with van der Waals surface area (Å²) >= 11 is 0. The van der Waals surface area contributed by atoms with Crippen LogP contribution in [-0.2, 0) is 16.4 Å². The van der Waals surface area contributed by atoms with Crippen LogP contribution in [0.3, 0.4) is 0 Å². The largest absolute Gasteiger partial charge is 0.495 e. The molecule has 0 aromatic heterocycles. The third-order valence-corrected chi connectivity index (χ3v) is 7.40. The van der Waals surface area contributed by atoms with E-state index in [9.17, 15) is 13.2 Å². The average molecular weight is 401 g/mol. The Balaban J connectivity index is 1.65. The third kappa shape index (κ3) is 3.08. The molecule has 148 valence electrons. The zero-order valence-electron chi connectivity index (χ0n) is 16.0. The molecule has 0 saturated carbocycles. The quantitative estimate of drug-likeness (QED) is 0.787. The lowest BCUT2D eigenvalue weighted by Gasteiger charge is -2.34. The Morgan fingerprint density at radius 2 is 2.00 bits per heavy atom. The molecule has 2 aliphatic rings. The second kappa shape index (κ2) is 6.90. The molecule has 0 N–H and O–H groups in total. The van der Waals surface area contributed by atoms with Crippen LogP contribution >= 0.6 is 0 Å². The van der Waals surface area contributed by atoms with Gasteiger partial charge in [0, 0.05) is 13.0 Å². The molecule has 0 radical (unpaired) electrons. The van der Waals surface area contributed by atoms with Crippen molar-refractivity contribution in [2.45, 2.75) is 36.7 Å². The summed E-state index contributed by atoms with van der Waals surface area (Å²) in [6.07, 6.45) is 1.38. The first-order valence-electron chi connectivity index (χ1n) is 9.37. The van der Waals surface area contributed by atoms with E-state index < -0.39 is 15.6 Å². The molecule has 7 heteroatoms. The first kappa shape index (κ1) is 19.0. The zero-order chi connectivity index (χ0) is 19.9. The highest BCUT2D eigenvalue weighted by Crippen LogP contribution is 2.41. The Hall–Kier alpha value is -2.38. The number of fused-ring (bicyclic) bond motifs is 1. The number of methoxy groups -OCH3 is 1. The minimum atomic E-state index is -3.77. The number of ether oxygens (including phenoxy) is 2. The van der Waals surface area contributed by atoms with Gasteiger partial charge in [-0.15, -0.1) is 0 Å². The number of benzene rings is 2. The number of rotatable bonds is 4. The molecule has 2 aromatic rings. The number of aryl methyl sites for hydroxylation is 1. The molecule has 2 aliphatic heterocycles. The van der Waals surface area contributed by atoms with Crippen molar-refractivity contribution in [3.8, 4) is 11.5 Å². The van der Waals surface area contributed by atoms with Crippen molar-refractivity contribution in [1.29, 1.82) is 0 Å². The summed E-state index contributed by atoms with van der Waals surface area (Å²) in [5.74, 6) is 0.847. The molecule has 0 bridgehead atoms. The molecular formula is C21H23NO5S. The van der Waals surface area contributed by atoms with Crippen molar-refractivity contribution in [3.05, 3.63) is 53.6 Å². The monoisotopic (exact) mass is 401 g/mol. The van der Waals surface area contributed by atoms with Crippen molar-refractivity contribution in [3.63, 3.8) is 0 Å². The summed E-state index contributed by atoms with van der Waals surface area (Å²) in [4.78, 5) is 12.8. The van der Waals surface area contributed by atoms with Gasteiger partial charge >= 0.3 is 0 Å². The van der Waals surface area contributed by atoms with Crippen LogP contribution in [0.25, 0.3) is 0 Å². The predicted octanol–water partition coefficient (Wildman–Crippen LogP) is 3.06. The van der Waals surface area contributed by atoms with Crippen LogP contribution in [0, 0.1) is 0 Å². The van der Waals surface area contributed by atoms with Gasteiger partial charge in [0.1, 0.15) is 22.0 Å². The Kier molecular flexibility index (Phi) is 4.67. The Bertz CT molecular complexity index is 1030. The lowest BCUT2D eigenvalue weighted by molar-refractivity contribution is 0.0498. The highest BCUT2D eigenvalue weighted by molar-refractivity contribution is 7.89. The molecule has 6 nitrogen and oxygen atoms in total. The SMILES string of the molecule is CCc1ccc(OC)c(S(=O)(=O)N2CCC3(CC(=O)c4ccccc4O3)C2)c1. The summed E-state index contributed by atoms with van der Waals surface area (Å²) in [7, 11) is -2.30. The zero-order valence-corrected chi connectivity index (χ0v) is 16.8. The number of Topliss-reactive ketones (excluding diaryl/α,β-unsaturated/α-hetero) is 1. The molecule has 0 amide bonds. The molecule has 2 aromatic carbocycles. The highest BCUT2D eigenvalue weighted by Gasteiger charge is 2.49. The van der Waals surface area contributed by atoms with Crippen LogP contribution in [0.5, 0.6) is 11.5 Å². The van der Waals surface area contributed by atoms with E-state index in [2.05, 4.69) is 0 Å². The van der Waals surface area contributed by atoms with Crippen LogP contribution in [0.1, 0.15) is 35.7 Å². The summed E-state index contributed by atoms with van der Waals surface area (Å²) in [6.45, 7) is 2.42. The summed E-state index contributed by atoms with van der Waals surface area (Å²) in [6, 6.07) is 12.3. The number of carbonyl (C=O) groups is 1. The van der Waals surface area contributed by atoms with Gasteiger partial charge in [0.25, 0.3) is 0 Å². The summed E-state index contributed by atoms with van der Waals surface area (Å²) in [5, 5.41) is 0. The molecule has 1 spiro atoms. The second-order valence-corrected chi connectivity index (χ2v) is 9.21. The number of sulfonamides is 1. The first-order chi connectivity index (χ1) is 13.4. The van der Waals surface area contributed by atoms with E-state index in [1.807, 2.05) is 19.1 Å². The first-order valence-corrected chi connectivity index (χ1v) is 10.8. The van der Waals surface area contributed by atoms with E-state index in [4.69, 9.17) is 9.47 Å². The standard InChI is InChI=1S/C21H23NO5S/c1-3-15-8-9-19(26-2)20(12-15)28(24,25)22-11-10-21(14-22)13-17(23)16-6-4-5-7-18(16)27-21/h4-9,12H,3,10-11,13-14H2,1-2H3. The minimum Gasteiger partial charge on any atom is -0.495 e. The minimum absolute atomic E-state index is 0.00772. The Labute approximate surface area is 165 Å². The highest BCUT2D eigenvalue weighted by atomic mass is 32.2. The molecule has 1 saturated heterocycles. The molecule has 1 fully saturated rings. The smallest absolute Gasteiger partial charge is 0.246 e. The van der Waals surface area contributed by atoms with Crippen LogP contribution in [-0.4, -0.2) is 44.3 Å². The summed E-state index contributed by atoms with van der Waals surface area (Å²) in [5.41, 5.74) is 0.673. The maximum absolute atomic E-state index is 13.3. The Morgan fingerprint density at radius 1 is 1.21 bits per heavy atom. The maximum atomic E-state index is 13.3. The van der Waals surface area contributed by atoms with Gasteiger partial charge in [0.15, 0.2) is 5.78 Å². The summed E-state index contributed by atoms with van der Waals surface area (Å²) < 4.78 is 39.5. The van der Waals surface area contributed by atoms with E-state index in [1.165, 1.54) is 11.4 Å². The van der Waals surface area contributed by atoms with Gasteiger partial charge < -0.3 is 9.47 Å². The average Bonchev–Trinajstić information content (AvgIpc) is 3.11. The molecule has 0 aliphatic carbocycles. The number of nitrogens with zero attached hydrogens (tertiary/aromatic N) is 1. The van der Waals surface area contributed by atoms with Crippen molar-refractivity contribution in [1.82, 2.24) is 4.31 Å². The van der Waals surface area contributed by atoms with Gasteiger partial charge in [-0.25, -0.2) is 8.42 Å². The van der Waals surface area contributed by atoms with E-state index in [1.54, 1.807) is 30.3 Å². The van der Waals surface area contributed by atoms with Crippen molar-refractivity contribution >= 4 is 15.8 Å². The fourth-order valence-corrected chi connectivity index (χ4v) is 5.69. The maximum Gasteiger partial charge on any atom is 0.246 e. The van der Waals surface area contributed by atoms with Gasteiger partial charge in [-0.05, 0) is 36.2 Å². The number of para-hydroxylation sites is 1.